The molecule has 0 spiro atoms. The van der Waals surface area contributed by atoms with Crippen molar-refractivity contribution in [2.75, 3.05) is 11.1 Å². The average molecular weight is 672 g/mol. The fourth-order valence-corrected chi connectivity index (χ4v) is 5.69. The van der Waals surface area contributed by atoms with Crippen molar-refractivity contribution in [2.24, 2.45) is 0 Å². The van der Waals surface area contributed by atoms with Crippen molar-refractivity contribution in [1.29, 1.82) is 0 Å². The van der Waals surface area contributed by atoms with E-state index in [4.69, 9.17) is 9.84 Å². The Morgan fingerprint density at radius 1 is 0.792 bits per heavy atom. The summed E-state index contributed by atoms with van der Waals surface area (Å²) in [4.78, 5) is 28.5. The molecule has 0 fully saturated rings. The number of nitrogens with one attached hydrogen (secondary N) is 2. The predicted molar refractivity (Wildman–Crippen MR) is 181 cm³/mol. The predicted octanol–water partition coefficient (Wildman–Crippen LogP) is 8.81. The van der Waals surface area contributed by atoms with Crippen LogP contribution in [0.2, 0.25) is 0 Å². The summed E-state index contributed by atoms with van der Waals surface area (Å²) in [6.45, 7) is 0.404. The van der Waals surface area contributed by atoms with Crippen LogP contribution in [0.5, 0.6) is 11.5 Å². The number of thioether (sulfide) groups is 1. The van der Waals surface area contributed by atoms with Gasteiger partial charge in [0.1, 0.15) is 11.5 Å². The van der Waals surface area contributed by atoms with Gasteiger partial charge < -0.3 is 20.5 Å². The SMILES string of the molecule is O=C(O)CCSCc1cccc(CNc2ccc(Oc3ccccc3)cc2-c2cc(C(=O)NCc3cccc(C(F)(F)F)c3)ccn2)c1. The summed E-state index contributed by atoms with van der Waals surface area (Å²) in [5, 5.41) is 15.1. The molecule has 11 heteroatoms. The van der Waals surface area contributed by atoms with Gasteiger partial charge in [-0.25, -0.2) is 0 Å². The van der Waals surface area contributed by atoms with Crippen LogP contribution in [0.3, 0.4) is 0 Å². The number of hydrogen-bond donors (Lipinski definition) is 3. The lowest BCUT2D eigenvalue weighted by Gasteiger charge is -2.15. The number of pyridine rings is 1. The van der Waals surface area contributed by atoms with Crippen molar-refractivity contribution in [1.82, 2.24) is 10.3 Å². The highest BCUT2D eigenvalue weighted by Crippen LogP contribution is 2.34. The molecular formula is C37H32F3N3O4S. The Hall–Kier alpha value is -5.29. The van der Waals surface area contributed by atoms with Crippen LogP contribution in [0, 0.1) is 0 Å². The number of ether oxygens (including phenoxy) is 1. The molecule has 0 saturated heterocycles. The molecule has 5 aromatic rings. The zero-order valence-electron chi connectivity index (χ0n) is 25.7. The number of rotatable bonds is 14. The van der Waals surface area contributed by atoms with Gasteiger partial charge in [-0.1, -0.05) is 54.6 Å². The molecule has 1 heterocycles. The summed E-state index contributed by atoms with van der Waals surface area (Å²) >= 11 is 1.57. The largest absolute Gasteiger partial charge is 0.481 e. The van der Waals surface area contributed by atoms with Crippen LogP contribution >= 0.6 is 11.8 Å². The molecular weight excluding hydrogens is 639 g/mol. The summed E-state index contributed by atoms with van der Waals surface area (Å²) in [6, 6.07) is 30.9. The molecule has 0 aliphatic rings. The van der Waals surface area contributed by atoms with E-state index in [0.717, 1.165) is 28.9 Å². The van der Waals surface area contributed by atoms with Crippen LogP contribution in [0.25, 0.3) is 11.3 Å². The lowest BCUT2D eigenvalue weighted by atomic mass is 10.0. The van der Waals surface area contributed by atoms with Crippen LogP contribution in [0.1, 0.15) is 39.0 Å². The van der Waals surface area contributed by atoms with Gasteiger partial charge in [0, 0.05) is 47.6 Å². The van der Waals surface area contributed by atoms with Crippen molar-refractivity contribution < 1.29 is 32.6 Å². The molecule has 0 unspecified atom stereocenters. The molecule has 1 aromatic heterocycles. The number of aliphatic carboxylic acids is 1. The first-order valence-electron chi connectivity index (χ1n) is 15.0. The van der Waals surface area contributed by atoms with Crippen molar-refractivity contribution in [3.05, 3.63) is 143 Å². The second-order valence-electron chi connectivity index (χ2n) is 10.8. The maximum absolute atomic E-state index is 13.1. The molecule has 0 aliphatic carbocycles. The molecule has 1 amide bonds. The maximum atomic E-state index is 13.1. The minimum Gasteiger partial charge on any atom is -0.481 e. The summed E-state index contributed by atoms with van der Waals surface area (Å²) in [6.07, 6.45) is -2.85. The Labute approximate surface area is 280 Å². The van der Waals surface area contributed by atoms with E-state index in [-0.39, 0.29) is 13.0 Å². The number of amides is 1. The van der Waals surface area contributed by atoms with Gasteiger partial charge in [-0.3, -0.25) is 14.6 Å². The monoisotopic (exact) mass is 671 g/mol. The molecule has 0 bridgehead atoms. The van der Waals surface area contributed by atoms with E-state index in [0.29, 0.717) is 51.9 Å². The number of para-hydroxylation sites is 1. The number of nitrogens with zero attached hydrogens (tertiary/aromatic N) is 1. The minimum absolute atomic E-state index is 0.0786. The van der Waals surface area contributed by atoms with Crippen molar-refractivity contribution in [3.8, 4) is 22.8 Å². The molecule has 3 N–H and O–H groups in total. The Morgan fingerprint density at radius 2 is 1.54 bits per heavy atom. The average Bonchev–Trinajstić information content (AvgIpc) is 3.09. The van der Waals surface area contributed by atoms with Crippen LogP contribution in [0.15, 0.2) is 115 Å². The molecule has 4 aromatic carbocycles. The second kappa shape index (κ2) is 16.0. The Balaban J connectivity index is 1.35. The quantitative estimate of drug-likeness (QED) is 0.102. The smallest absolute Gasteiger partial charge is 0.416 e. The van der Waals surface area contributed by atoms with E-state index in [1.165, 1.54) is 18.3 Å². The lowest BCUT2D eigenvalue weighted by Crippen LogP contribution is -2.23. The first-order chi connectivity index (χ1) is 23.1. The molecule has 7 nitrogen and oxygen atoms in total. The van der Waals surface area contributed by atoms with Crippen LogP contribution in [0.4, 0.5) is 18.9 Å². The zero-order chi connectivity index (χ0) is 33.9. The van der Waals surface area contributed by atoms with Crippen molar-refractivity contribution in [3.63, 3.8) is 0 Å². The number of carboxylic acids is 1. The third-order valence-electron chi connectivity index (χ3n) is 7.18. The fraction of sp³-hybridized carbons (Fsp3) is 0.162. The first-order valence-corrected chi connectivity index (χ1v) is 16.2. The summed E-state index contributed by atoms with van der Waals surface area (Å²) < 4.78 is 45.5. The number of benzene rings is 4. The Kier molecular flexibility index (Phi) is 11.4. The van der Waals surface area contributed by atoms with E-state index in [9.17, 15) is 22.8 Å². The summed E-state index contributed by atoms with van der Waals surface area (Å²) in [7, 11) is 0. The van der Waals surface area contributed by atoms with Crippen LogP contribution in [-0.4, -0.2) is 27.7 Å². The second-order valence-corrected chi connectivity index (χ2v) is 11.9. The number of hydrogen-bond acceptors (Lipinski definition) is 6. The summed E-state index contributed by atoms with van der Waals surface area (Å²) in [5.74, 6) is 1.17. The topological polar surface area (TPSA) is 101 Å². The van der Waals surface area contributed by atoms with Gasteiger partial charge in [-0.2, -0.15) is 24.9 Å². The molecule has 48 heavy (non-hydrogen) atoms. The van der Waals surface area contributed by atoms with E-state index < -0.39 is 23.6 Å². The van der Waals surface area contributed by atoms with E-state index in [1.807, 2.05) is 66.7 Å². The van der Waals surface area contributed by atoms with Gasteiger partial charge in [-0.05, 0) is 71.3 Å². The zero-order valence-corrected chi connectivity index (χ0v) is 26.5. The molecule has 0 radical (unpaired) electrons. The van der Waals surface area contributed by atoms with Gasteiger partial charge in [0.25, 0.3) is 5.91 Å². The Bertz CT molecular complexity index is 1870. The fourth-order valence-electron chi connectivity index (χ4n) is 4.81. The molecule has 0 atom stereocenters. The van der Waals surface area contributed by atoms with E-state index >= 15 is 0 Å². The van der Waals surface area contributed by atoms with Crippen molar-refractivity contribution >= 4 is 29.3 Å². The minimum atomic E-state index is -4.48. The maximum Gasteiger partial charge on any atom is 0.416 e. The lowest BCUT2D eigenvalue weighted by molar-refractivity contribution is -0.138. The Morgan fingerprint density at radius 3 is 2.31 bits per heavy atom. The highest BCUT2D eigenvalue weighted by Gasteiger charge is 2.30. The highest BCUT2D eigenvalue weighted by molar-refractivity contribution is 7.98. The number of anilines is 1. The molecule has 0 aliphatic heterocycles. The van der Waals surface area contributed by atoms with Gasteiger partial charge in [0.2, 0.25) is 0 Å². The van der Waals surface area contributed by atoms with Gasteiger partial charge in [-0.15, -0.1) is 0 Å². The van der Waals surface area contributed by atoms with E-state index in [2.05, 4.69) is 21.7 Å². The van der Waals surface area contributed by atoms with Gasteiger partial charge >= 0.3 is 12.1 Å². The van der Waals surface area contributed by atoms with Crippen LogP contribution in [-0.2, 0) is 29.8 Å². The van der Waals surface area contributed by atoms with Crippen LogP contribution < -0.4 is 15.4 Å². The number of halogens is 3. The standard InChI is InChI=1S/C37H32F3N3O4S/c38-37(39,40)29-9-5-7-26(19-29)23-43-36(46)28-14-16-41-34(20-28)32-21-31(47-30-10-2-1-3-11-30)12-13-33(32)42-22-25-6-4-8-27(18-25)24-48-17-15-35(44)45/h1-14,16,18-21,42H,15,17,22-24H2,(H,43,46)(H,44,45). The summed E-state index contributed by atoms with van der Waals surface area (Å²) in [5.41, 5.74) is 3.86. The normalized spacial score (nSPS) is 11.1. The third kappa shape index (κ3) is 9.85. The van der Waals surface area contributed by atoms with Crippen molar-refractivity contribution in [2.45, 2.75) is 31.4 Å². The number of carbonyl (C=O) groups excluding carboxylic acids is 1. The third-order valence-corrected chi connectivity index (χ3v) is 8.21. The van der Waals surface area contributed by atoms with E-state index in [1.54, 1.807) is 23.9 Å². The number of alkyl halides is 3. The van der Waals surface area contributed by atoms with Gasteiger partial charge in [0.05, 0.1) is 17.7 Å². The highest BCUT2D eigenvalue weighted by atomic mass is 32.2. The molecule has 246 valence electrons. The first kappa shape index (κ1) is 34.1. The van der Waals surface area contributed by atoms with Gasteiger partial charge in [0.15, 0.2) is 0 Å². The molecule has 5 rings (SSSR count). The molecule has 0 saturated carbocycles. The number of carbonyl (C=O) groups is 2. The number of carboxylic acid groups (broad SMARTS) is 1. The number of aromatic nitrogens is 1.